The summed E-state index contributed by atoms with van der Waals surface area (Å²) in [5, 5.41) is 18.6. The summed E-state index contributed by atoms with van der Waals surface area (Å²) >= 11 is 0. The molecular formula is C9H16O3. The maximum Gasteiger partial charge on any atom is 0.157 e. The Morgan fingerprint density at radius 3 is 2.83 bits per heavy atom. The second-order valence-electron chi connectivity index (χ2n) is 4.52. The van der Waals surface area contributed by atoms with Crippen molar-refractivity contribution in [3.8, 4) is 0 Å². The van der Waals surface area contributed by atoms with Crippen molar-refractivity contribution in [3.05, 3.63) is 0 Å². The Bertz CT molecular complexity index is 183. The van der Waals surface area contributed by atoms with Crippen LogP contribution in [0, 0.1) is 17.3 Å². The van der Waals surface area contributed by atoms with Crippen molar-refractivity contribution in [1.29, 1.82) is 0 Å². The third-order valence-corrected chi connectivity index (χ3v) is 3.32. The predicted molar refractivity (Wildman–Crippen MR) is 43.4 cm³/mol. The van der Waals surface area contributed by atoms with E-state index in [0.717, 1.165) is 12.8 Å². The van der Waals surface area contributed by atoms with E-state index in [9.17, 15) is 5.11 Å². The topological polar surface area (TPSA) is 49.7 Å². The summed E-state index contributed by atoms with van der Waals surface area (Å²) in [6, 6.07) is 0. The minimum absolute atomic E-state index is 0.0279. The Morgan fingerprint density at radius 1 is 1.50 bits per heavy atom. The molecule has 0 spiro atoms. The zero-order valence-corrected chi connectivity index (χ0v) is 7.36. The monoisotopic (exact) mass is 172 g/mol. The van der Waals surface area contributed by atoms with Crippen LogP contribution in [0.1, 0.15) is 19.8 Å². The van der Waals surface area contributed by atoms with Crippen LogP contribution in [0.4, 0.5) is 0 Å². The Hall–Kier alpha value is -0.120. The highest BCUT2D eigenvalue weighted by atomic mass is 16.6. The van der Waals surface area contributed by atoms with Crippen LogP contribution in [0.3, 0.4) is 0 Å². The van der Waals surface area contributed by atoms with Crippen molar-refractivity contribution in [1.82, 2.24) is 0 Å². The van der Waals surface area contributed by atoms with Gasteiger partial charge in [-0.1, -0.05) is 6.92 Å². The second kappa shape index (κ2) is 2.69. The van der Waals surface area contributed by atoms with E-state index in [4.69, 9.17) is 9.84 Å². The second-order valence-corrected chi connectivity index (χ2v) is 4.52. The van der Waals surface area contributed by atoms with Crippen molar-refractivity contribution in [2.75, 3.05) is 13.2 Å². The van der Waals surface area contributed by atoms with Crippen LogP contribution in [-0.2, 0) is 4.74 Å². The molecule has 4 atom stereocenters. The van der Waals surface area contributed by atoms with E-state index < -0.39 is 6.29 Å². The minimum Gasteiger partial charge on any atom is -0.396 e. The first kappa shape index (κ1) is 8.48. The molecule has 1 aliphatic heterocycles. The lowest BCUT2D eigenvalue weighted by Crippen LogP contribution is -2.21. The molecule has 2 fully saturated rings. The highest BCUT2D eigenvalue weighted by Crippen LogP contribution is 2.49. The first-order valence-electron chi connectivity index (χ1n) is 4.55. The number of hydrogen-bond acceptors (Lipinski definition) is 3. The van der Waals surface area contributed by atoms with Gasteiger partial charge in [-0.05, 0) is 24.2 Å². The maximum absolute atomic E-state index is 9.42. The van der Waals surface area contributed by atoms with Gasteiger partial charge in [0.25, 0.3) is 0 Å². The Balaban J connectivity index is 2.07. The van der Waals surface area contributed by atoms with E-state index in [-0.39, 0.29) is 17.9 Å². The molecule has 4 unspecified atom stereocenters. The summed E-state index contributed by atoms with van der Waals surface area (Å²) in [5.41, 5.74) is 0.0279. The van der Waals surface area contributed by atoms with Crippen LogP contribution < -0.4 is 0 Å². The minimum atomic E-state index is -0.580. The van der Waals surface area contributed by atoms with Gasteiger partial charge in [0.2, 0.25) is 0 Å². The van der Waals surface area contributed by atoms with E-state index in [1.807, 2.05) is 0 Å². The van der Waals surface area contributed by atoms with Crippen molar-refractivity contribution in [3.63, 3.8) is 0 Å². The molecular weight excluding hydrogens is 156 g/mol. The molecule has 12 heavy (non-hydrogen) atoms. The summed E-state index contributed by atoms with van der Waals surface area (Å²) in [5.74, 6) is 0.735. The summed E-state index contributed by atoms with van der Waals surface area (Å²) in [6.45, 7) is 2.98. The molecule has 2 aliphatic rings. The Kier molecular flexibility index (Phi) is 1.90. The largest absolute Gasteiger partial charge is 0.396 e. The average Bonchev–Trinajstić information content (AvgIpc) is 2.53. The molecule has 3 nitrogen and oxygen atoms in total. The Labute approximate surface area is 72.3 Å². The predicted octanol–water partition coefficient (Wildman–Crippen LogP) is 0.360. The third kappa shape index (κ3) is 1.16. The number of aliphatic hydroxyl groups is 2. The zero-order chi connectivity index (χ0) is 8.77. The van der Waals surface area contributed by atoms with Crippen LogP contribution in [0.2, 0.25) is 0 Å². The fourth-order valence-electron chi connectivity index (χ4n) is 2.59. The molecule has 0 aromatic carbocycles. The molecule has 1 aliphatic carbocycles. The molecule has 70 valence electrons. The van der Waals surface area contributed by atoms with E-state index in [1.54, 1.807) is 0 Å². The summed E-state index contributed by atoms with van der Waals surface area (Å²) in [6.07, 6.45) is 1.31. The van der Waals surface area contributed by atoms with Gasteiger partial charge in [0.05, 0.1) is 6.61 Å². The van der Waals surface area contributed by atoms with Gasteiger partial charge in [0.1, 0.15) is 0 Å². The molecule has 0 bridgehead atoms. The first-order valence-corrected chi connectivity index (χ1v) is 4.55. The molecule has 0 radical (unpaired) electrons. The molecule has 3 heteroatoms. The van der Waals surface area contributed by atoms with Crippen LogP contribution in [0.25, 0.3) is 0 Å². The van der Waals surface area contributed by atoms with E-state index in [0.29, 0.717) is 12.5 Å². The molecule has 0 aromatic heterocycles. The number of hydrogen-bond donors (Lipinski definition) is 2. The number of aliphatic hydroxyl groups excluding tert-OH is 2. The highest BCUT2D eigenvalue weighted by molar-refractivity contribution is 4.94. The average molecular weight is 172 g/mol. The lowest BCUT2D eigenvalue weighted by molar-refractivity contribution is -0.0892. The van der Waals surface area contributed by atoms with Gasteiger partial charge in [-0.25, -0.2) is 0 Å². The fourth-order valence-corrected chi connectivity index (χ4v) is 2.59. The van der Waals surface area contributed by atoms with Gasteiger partial charge >= 0.3 is 0 Å². The molecule has 2 N–H and O–H groups in total. The highest BCUT2D eigenvalue weighted by Gasteiger charge is 2.48. The van der Waals surface area contributed by atoms with Crippen molar-refractivity contribution in [2.45, 2.75) is 26.1 Å². The zero-order valence-electron chi connectivity index (χ0n) is 7.36. The number of ether oxygens (including phenoxy) is 1. The van der Waals surface area contributed by atoms with Gasteiger partial charge < -0.3 is 14.9 Å². The SMILES string of the molecule is CC1(CO)CC2COC(O)C2C1. The van der Waals surface area contributed by atoms with Crippen LogP contribution in [0.5, 0.6) is 0 Å². The van der Waals surface area contributed by atoms with Crippen LogP contribution in [-0.4, -0.2) is 29.7 Å². The molecule has 0 amide bonds. The van der Waals surface area contributed by atoms with E-state index in [1.165, 1.54) is 0 Å². The standard InChI is InChI=1S/C9H16O3/c1-9(5-10)2-6-4-12-8(11)7(6)3-9/h6-8,10-11H,2-5H2,1H3. The quantitative estimate of drug-likeness (QED) is 0.600. The van der Waals surface area contributed by atoms with E-state index >= 15 is 0 Å². The van der Waals surface area contributed by atoms with Gasteiger partial charge in [-0.3, -0.25) is 0 Å². The van der Waals surface area contributed by atoms with E-state index in [2.05, 4.69) is 6.92 Å². The molecule has 1 saturated carbocycles. The van der Waals surface area contributed by atoms with Crippen LogP contribution in [0.15, 0.2) is 0 Å². The van der Waals surface area contributed by atoms with Crippen molar-refractivity contribution < 1.29 is 14.9 Å². The first-order chi connectivity index (χ1) is 5.64. The number of rotatable bonds is 1. The summed E-state index contributed by atoms with van der Waals surface area (Å²) in [7, 11) is 0. The maximum atomic E-state index is 9.42. The molecule has 2 rings (SSSR count). The van der Waals surface area contributed by atoms with Gasteiger partial charge in [0, 0.05) is 12.5 Å². The molecule has 0 aromatic rings. The third-order valence-electron chi connectivity index (χ3n) is 3.32. The van der Waals surface area contributed by atoms with Gasteiger partial charge in [-0.2, -0.15) is 0 Å². The summed E-state index contributed by atoms with van der Waals surface area (Å²) in [4.78, 5) is 0. The smallest absolute Gasteiger partial charge is 0.157 e. The van der Waals surface area contributed by atoms with Crippen molar-refractivity contribution >= 4 is 0 Å². The van der Waals surface area contributed by atoms with Gasteiger partial charge in [-0.15, -0.1) is 0 Å². The van der Waals surface area contributed by atoms with Crippen LogP contribution >= 0.6 is 0 Å². The number of fused-ring (bicyclic) bond motifs is 1. The van der Waals surface area contributed by atoms with Crippen molar-refractivity contribution in [2.24, 2.45) is 17.3 Å². The fraction of sp³-hybridized carbons (Fsp3) is 1.00. The Morgan fingerprint density at radius 2 is 2.25 bits per heavy atom. The molecule has 1 saturated heterocycles. The summed E-state index contributed by atoms with van der Waals surface area (Å²) < 4.78 is 5.13. The molecule has 1 heterocycles. The lowest BCUT2D eigenvalue weighted by atomic mass is 9.88. The lowest BCUT2D eigenvalue weighted by Gasteiger charge is -2.22. The van der Waals surface area contributed by atoms with Gasteiger partial charge in [0.15, 0.2) is 6.29 Å². The normalized spacial score (nSPS) is 52.8.